The van der Waals surface area contributed by atoms with Gasteiger partial charge in [-0.1, -0.05) is 0 Å². The van der Waals surface area contributed by atoms with Crippen molar-refractivity contribution in [2.45, 2.75) is 18.9 Å². The molecule has 19 heavy (non-hydrogen) atoms. The number of nitriles is 1. The molecule has 1 heterocycles. The van der Waals surface area contributed by atoms with Crippen molar-refractivity contribution in [3.8, 4) is 11.8 Å². The SMILES string of the molecule is CNC(=O)C1CCCN1c1cc(OC)ccc1C#N. The van der Waals surface area contributed by atoms with Gasteiger partial charge < -0.3 is 15.0 Å². The van der Waals surface area contributed by atoms with E-state index in [4.69, 9.17) is 4.74 Å². The standard InChI is InChI=1S/C14H17N3O2/c1-16-14(18)12-4-3-7-17(12)13-8-11(19-2)6-5-10(13)9-15/h5-6,8,12H,3-4,7H2,1-2H3,(H,16,18). The Balaban J connectivity index is 2.39. The number of hydrogen-bond acceptors (Lipinski definition) is 4. The summed E-state index contributed by atoms with van der Waals surface area (Å²) in [6, 6.07) is 7.27. The van der Waals surface area contributed by atoms with Gasteiger partial charge in [0.1, 0.15) is 17.9 Å². The molecule has 1 aromatic carbocycles. The average molecular weight is 259 g/mol. The van der Waals surface area contributed by atoms with Gasteiger partial charge in [-0.25, -0.2) is 0 Å². The first-order chi connectivity index (χ1) is 9.21. The van der Waals surface area contributed by atoms with Crippen LogP contribution in [0.4, 0.5) is 5.69 Å². The number of likely N-dealkylation sites (N-methyl/N-ethyl adjacent to an activating group) is 1. The van der Waals surface area contributed by atoms with Crippen LogP contribution in [0.5, 0.6) is 5.75 Å². The molecule has 1 fully saturated rings. The number of rotatable bonds is 3. The molecule has 0 bridgehead atoms. The highest BCUT2D eigenvalue weighted by Crippen LogP contribution is 2.31. The molecule has 5 nitrogen and oxygen atoms in total. The maximum Gasteiger partial charge on any atom is 0.242 e. The molecule has 0 aliphatic carbocycles. The lowest BCUT2D eigenvalue weighted by atomic mass is 10.1. The average Bonchev–Trinajstić information content (AvgIpc) is 2.94. The summed E-state index contributed by atoms with van der Waals surface area (Å²) in [5.41, 5.74) is 1.34. The van der Waals surface area contributed by atoms with Crippen LogP contribution in [-0.4, -0.2) is 32.7 Å². The van der Waals surface area contributed by atoms with E-state index in [1.54, 1.807) is 26.3 Å². The zero-order valence-corrected chi connectivity index (χ0v) is 11.1. The molecule has 0 spiro atoms. The van der Waals surface area contributed by atoms with Crippen molar-refractivity contribution in [3.63, 3.8) is 0 Å². The summed E-state index contributed by atoms with van der Waals surface area (Å²) in [6.45, 7) is 0.778. The minimum absolute atomic E-state index is 0.00999. The zero-order chi connectivity index (χ0) is 13.8. The van der Waals surface area contributed by atoms with Gasteiger partial charge in [0.25, 0.3) is 0 Å². The van der Waals surface area contributed by atoms with Crippen LogP contribution in [0.25, 0.3) is 0 Å². The van der Waals surface area contributed by atoms with E-state index < -0.39 is 0 Å². The Kier molecular flexibility index (Phi) is 3.91. The van der Waals surface area contributed by atoms with Gasteiger partial charge in [0.15, 0.2) is 0 Å². The third kappa shape index (κ3) is 2.48. The molecule has 1 unspecified atom stereocenters. The zero-order valence-electron chi connectivity index (χ0n) is 11.1. The van der Waals surface area contributed by atoms with E-state index in [2.05, 4.69) is 11.4 Å². The number of carbonyl (C=O) groups is 1. The molecule has 1 aliphatic heterocycles. The summed E-state index contributed by atoms with van der Waals surface area (Å²) in [5, 5.41) is 11.9. The highest BCUT2D eigenvalue weighted by Gasteiger charge is 2.31. The van der Waals surface area contributed by atoms with Crippen molar-refractivity contribution < 1.29 is 9.53 Å². The topological polar surface area (TPSA) is 65.4 Å². The van der Waals surface area contributed by atoms with Crippen molar-refractivity contribution in [2.24, 2.45) is 0 Å². The molecule has 2 rings (SSSR count). The molecule has 1 N–H and O–H groups in total. The third-order valence-corrected chi connectivity index (χ3v) is 3.44. The lowest BCUT2D eigenvalue weighted by Crippen LogP contribution is -2.42. The van der Waals surface area contributed by atoms with Gasteiger partial charge in [-0.15, -0.1) is 0 Å². The normalized spacial score (nSPS) is 17.9. The molecule has 0 saturated carbocycles. The number of carbonyl (C=O) groups excluding carboxylic acids is 1. The number of nitrogens with zero attached hydrogens (tertiary/aromatic N) is 2. The Morgan fingerprint density at radius 2 is 2.37 bits per heavy atom. The lowest BCUT2D eigenvalue weighted by molar-refractivity contribution is -0.121. The molecule has 1 aliphatic rings. The van der Waals surface area contributed by atoms with E-state index in [0.717, 1.165) is 25.1 Å². The minimum Gasteiger partial charge on any atom is -0.497 e. The summed E-state index contributed by atoms with van der Waals surface area (Å²) in [7, 11) is 3.22. The molecule has 5 heteroatoms. The summed E-state index contributed by atoms with van der Waals surface area (Å²) >= 11 is 0. The molecule has 0 radical (unpaired) electrons. The van der Waals surface area contributed by atoms with Crippen LogP contribution < -0.4 is 15.0 Å². The number of hydrogen-bond donors (Lipinski definition) is 1. The Bertz CT molecular complexity index is 522. The first-order valence-electron chi connectivity index (χ1n) is 6.27. The number of anilines is 1. The van der Waals surface area contributed by atoms with Crippen LogP contribution in [0.1, 0.15) is 18.4 Å². The van der Waals surface area contributed by atoms with Crippen molar-refractivity contribution in [3.05, 3.63) is 23.8 Å². The fraction of sp³-hybridized carbons (Fsp3) is 0.429. The van der Waals surface area contributed by atoms with Gasteiger partial charge in [0, 0.05) is 19.7 Å². The van der Waals surface area contributed by atoms with Gasteiger partial charge in [0.05, 0.1) is 18.4 Å². The third-order valence-electron chi connectivity index (χ3n) is 3.44. The highest BCUT2D eigenvalue weighted by molar-refractivity contribution is 5.86. The van der Waals surface area contributed by atoms with Crippen molar-refractivity contribution in [1.82, 2.24) is 5.32 Å². The van der Waals surface area contributed by atoms with E-state index in [1.165, 1.54) is 0 Å². The monoisotopic (exact) mass is 259 g/mol. The predicted octanol–water partition coefficient (Wildman–Crippen LogP) is 1.28. The van der Waals surface area contributed by atoms with E-state index in [-0.39, 0.29) is 11.9 Å². The van der Waals surface area contributed by atoms with Crippen LogP contribution in [0.15, 0.2) is 18.2 Å². The second-order valence-corrected chi connectivity index (χ2v) is 4.46. The van der Waals surface area contributed by atoms with E-state index >= 15 is 0 Å². The number of benzene rings is 1. The number of ether oxygens (including phenoxy) is 1. The first kappa shape index (κ1) is 13.2. The van der Waals surface area contributed by atoms with Crippen LogP contribution >= 0.6 is 0 Å². The summed E-state index contributed by atoms with van der Waals surface area (Å²) in [6.07, 6.45) is 1.75. The second-order valence-electron chi connectivity index (χ2n) is 4.46. The fourth-order valence-electron chi connectivity index (χ4n) is 2.46. The van der Waals surface area contributed by atoms with Crippen LogP contribution in [0, 0.1) is 11.3 Å². The van der Waals surface area contributed by atoms with Gasteiger partial charge in [-0.05, 0) is 25.0 Å². The second kappa shape index (κ2) is 5.61. The number of amides is 1. The smallest absolute Gasteiger partial charge is 0.242 e. The largest absolute Gasteiger partial charge is 0.497 e. The molecule has 1 saturated heterocycles. The van der Waals surface area contributed by atoms with Crippen molar-refractivity contribution in [2.75, 3.05) is 25.6 Å². The molecule has 100 valence electrons. The maximum atomic E-state index is 11.9. The Morgan fingerprint density at radius 1 is 1.58 bits per heavy atom. The van der Waals surface area contributed by atoms with Crippen LogP contribution in [0.3, 0.4) is 0 Å². The molecule has 0 aromatic heterocycles. The molecular weight excluding hydrogens is 242 g/mol. The number of methoxy groups -OCH3 is 1. The first-order valence-corrected chi connectivity index (χ1v) is 6.27. The van der Waals surface area contributed by atoms with Crippen molar-refractivity contribution in [1.29, 1.82) is 5.26 Å². The van der Waals surface area contributed by atoms with Crippen LogP contribution in [0.2, 0.25) is 0 Å². The predicted molar refractivity (Wildman–Crippen MR) is 72.1 cm³/mol. The van der Waals surface area contributed by atoms with E-state index in [1.807, 2.05) is 11.0 Å². The van der Waals surface area contributed by atoms with Crippen molar-refractivity contribution >= 4 is 11.6 Å². The minimum atomic E-state index is -0.204. The van der Waals surface area contributed by atoms with E-state index in [9.17, 15) is 10.1 Å². The summed E-state index contributed by atoms with van der Waals surface area (Å²) in [5.74, 6) is 0.681. The van der Waals surface area contributed by atoms with Gasteiger partial charge in [-0.3, -0.25) is 4.79 Å². The fourth-order valence-corrected chi connectivity index (χ4v) is 2.46. The lowest BCUT2D eigenvalue weighted by Gasteiger charge is -2.26. The van der Waals surface area contributed by atoms with E-state index in [0.29, 0.717) is 11.3 Å². The molecular formula is C14H17N3O2. The molecule has 1 atom stereocenters. The molecule has 1 aromatic rings. The van der Waals surface area contributed by atoms with Gasteiger partial charge in [-0.2, -0.15) is 5.26 Å². The quantitative estimate of drug-likeness (QED) is 0.888. The molecule has 1 amide bonds. The Labute approximate surface area is 112 Å². The summed E-state index contributed by atoms with van der Waals surface area (Å²) in [4.78, 5) is 13.9. The van der Waals surface area contributed by atoms with Gasteiger partial charge >= 0.3 is 0 Å². The Morgan fingerprint density at radius 3 is 3.00 bits per heavy atom. The highest BCUT2D eigenvalue weighted by atomic mass is 16.5. The van der Waals surface area contributed by atoms with Gasteiger partial charge in [0.2, 0.25) is 5.91 Å². The maximum absolute atomic E-state index is 11.9. The summed E-state index contributed by atoms with van der Waals surface area (Å²) < 4.78 is 5.20. The number of nitrogens with one attached hydrogen (secondary N) is 1. The Hall–Kier alpha value is -2.22. The van der Waals surface area contributed by atoms with Crippen LogP contribution in [-0.2, 0) is 4.79 Å².